The highest BCUT2D eigenvalue weighted by Crippen LogP contribution is 2.12. The number of benzene rings is 1. The first-order valence-electron chi connectivity index (χ1n) is 7.28. The monoisotopic (exact) mass is 290 g/mol. The number of aromatic carboxylic acids is 1. The molecule has 1 amide bonds. The average molecular weight is 290 g/mol. The van der Waals surface area contributed by atoms with Crippen molar-refractivity contribution < 1.29 is 14.7 Å². The highest BCUT2D eigenvalue weighted by Gasteiger charge is 2.24. The summed E-state index contributed by atoms with van der Waals surface area (Å²) in [5, 5.41) is 9.00. The van der Waals surface area contributed by atoms with Crippen LogP contribution in [0.2, 0.25) is 0 Å². The van der Waals surface area contributed by atoms with E-state index < -0.39 is 5.97 Å². The Hall–Kier alpha value is -1.88. The lowest BCUT2D eigenvalue weighted by molar-refractivity contribution is -0.136. The summed E-state index contributed by atoms with van der Waals surface area (Å²) >= 11 is 0. The minimum absolute atomic E-state index is 0.157. The van der Waals surface area contributed by atoms with Crippen LogP contribution in [0.4, 0.5) is 0 Å². The molecule has 2 rings (SSSR count). The molecule has 21 heavy (non-hydrogen) atoms. The molecule has 1 aromatic carbocycles. The summed E-state index contributed by atoms with van der Waals surface area (Å²) in [5.41, 5.74) is 1.22. The van der Waals surface area contributed by atoms with Gasteiger partial charge >= 0.3 is 5.97 Å². The molecule has 0 radical (unpaired) electrons. The third-order valence-corrected chi connectivity index (χ3v) is 3.56. The Labute approximate surface area is 125 Å². The minimum atomic E-state index is -0.922. The van der Waals surface area contributed by atoms with Gasteiger partial charge in [-0.05, 0) is 23.6 Å². The van der Waals surface area contributed by atoms with Crippen LogP contribution in [0, 0.1) is 5.92 Å². The number of hydrogen-bond acceptors (Lipinski definition) is 3. The van der Waals surface area contributed by atoms with E-state index in [0.29, 0.717) is 19.0 Å². The Kier molecular flexibility index (Phi) is 4.96. The second kappa shape index (κ2) is 6.72. The molecular weight excluding hydrogens is 268 g/mol. The maximum atomic E-state index is 12.1. The van der Waals surface area contributed by atoms with E-state index >= 15 is 0 Å². The molecule has 0 atom stereocenters. The molecule has 1 saturated heterocycles. The summed E-state index contributed by atoms with van der Waals surface area (Å²) in [6.45, 7) is 7.62. The van der Waals surface area contributed by atoms with Crippen LogP contribution in [0.3, 0.4) is 0 Å². The molecule has 0 aromatic heterocycles. The van der Waals surface area contributed by atoms with E-state index in [1.54, 1.807) is 18.2 Å². The van der Waals surface area contributed by atoms with Crippen molar-refractivity contribution in [3.8, 4) is 0 Å². The second-order valence-corrected chi connectivity index (χ2v) is 5.95. The van der Waals surface area contributed by atoms with Crippen molar-refractivity contribution in [3.05, 3.63) is 35.4 Å². The van der Waals surface area contributed by atoms with Crippen LogP contribution in [-0.4, -0.2) is 53.0 Å². The van der Waals surface area contributed by atoms with Gasteiger partial charge in [-0.3, -0.25) is 9.69 Å². The normalized spacial score (nSPS) is 16.5. The minimum Gasteiger partial charge on any atom is -0.478 e. The van der Waals surface area contributed by atoms with Crippen LogP contribution in [0.25, 0.3) is 0 Å². The molecule has 5 nitrogen and oxygen atoms in total. The van der Waals surface area contributed by atoms with Gasteiger partial charge in [-0.1, -0.05) is 26.0 Å². The number of carboxylic acid groups (broad SMARTS) is 1. The van der Waals surface area contributed by atoms with Crippen LogP contribution in [-0.2, 0) is 11.3 Å². The molecule has 1 heterocycles. The highest BCUT2D eigenvalue weighted by atomic mass is 16.4. The first-order chi connectivity index (χ1) is 9.95. The quantitative estimate of drug-likeness (QED) is 0.896. The Balaban J connectivity index is 1.95. The zero-order valence-corrected chi connectivity index (χ0v) is 12.6. The van der Waals surface area contributed by atoms with Gasteiger partial charge in [0.25, 0.3) is 0 Å². The Morgan fingerprint density at radius 3 is 2.71 bits per heavy atom. The summed E-state index contributed by atoms with van der Waals surface area (Å²) in [6.07, 6.45) is 0. The van der Waals surface area contributed by atoms with Gasteiger partial charge in [0.05, 0.1) is 12.1 Å². The van der Waals surface area contributed by atoms with E-state index in [2.05, 4.69) is 18.7 Å². The molecule has 0 spiro atoms. The van der Waals surface area contributed by atoms with Gasteiger partial charge in [-0.15, -0.1) is 0 Å². The summed E-state index contributed by atoms with van der Waals surface area (Å²) in [5.74, 6) is -0.285. The van der Waals surface area contributed by atoms with Crippen LogP contribution in [0.1, 0.15) is 29.8 Å². The van der Waals surface area contributed by atoms with Gasteiger partial charge < -0.3 is 10.0 Å². The SMILES string of the molecule is CC(C)CN1CCN(Cc2cccc(C(=O)O)c2)CC1=O. The van der Waals surface area contributed by atoms with Crippen molar-refractivity contribution in [2.75, 3.05) is 26.2 Å². The lowest BCUT2D eigenvalue weighted by Crippen LogP contribution is -2.50. The van der Waals surface area contributed by atoms with Crippen molar-refractivity contribution in [3.63, 3.8) is 0 Å². The van der Waals surface area contributed by atoms with Gasteiger partial charge in [0.15, 0.2) is 0 Å². The van der Waals surface area contributed by atoms with Crippen molar-refractivity contribution in [2.45, 2.75) is 20.4 Å². The first kappa shape index (κ1) is 15.5. The van der Waals surface area contributed by atoms with Crippen molar-refractivity contribution in [2.24, 2.45) is 5.92 Å². The number of carboxylic acids is 1. The summed E-state index contributed by atoms with van der Waals surface area (Å²) in [7, 11) is 0. The summed E-state index contributed by atoms with van der Waals surface area (Å²) in [4.78, 5) is 27.0. The summed E-state index contributed by atoms with van der Waals surface area (Å²) < 4.78 is 0. The van der Waals surface area contributed by atoms with E-state index in [9.17, 15) is 9.59 Å². The number of rotatable bonds is 5. The first-order valence-corrected chi connectivity index (χ1v) is 7.28. The molecule has 1 fully saturated rings. The Bertz CT molecular complexity index is 528. The lowest BCUT2D eigenvalue weighted by atomic mass is 10.1. The van der Waals surface area contributed by atoms with E-state index in [1.165, 1.54) is 0 Å². The Morgan fingerprint density at radius 2 is 2.10 bits per heavy atom. The van der Waals surface area contributed by atoms with Gasteiger partial charge in [-0.2, -0.15) is 0 Å². The lowest BCUT2D eigenvalue weighted by Gasteiger charge is -2.35. The van der Waals surface area contributed by atoms with Crippen molar-refractivity contribution in [1.82, 2.24) is 9.80 Å². The van der Waals surface area contributed by atoms with E-state index in [-0.39, 0.29) is 11.5 Å². The van der Waals surface area contributed by atoms with Crippen LogP contribution >= 0.6 is 0 Å². The van der Waals surface area contributed by atoms with E-state index in [1.807, 2.05) is 11.0 Å². The number of carbonyl (C=O) groups excluding carboxylic acids is 1. The van der Waals surface area contributed by atoms with Crippen molar-refractivity contribution in [1.29, 1.82) is 0 Å². The zero-order chi connectivity index (χ0) is 15.4. The molecule has 0 aliphatic carbocycles. The van der Waals surface area contributed by atoms with Crippen LogP contribution < -0.4 is 0 Å². The fourth-order valence-electron chi connectivity index (χ4n) is 2.59. The number of nitrogens with zero attached hydrogens (tertiary/aromatic N) is 2. The maximum Gasteiger partial charge on any atom is 0.335 e. The third-order valence-electron chi connectivity index (χ3n) is 3.56. The predicted octanol–water partition coefficient (Wildman–Crippen LogP) is 1.69. The predicted molar refractivity (Wildman–Crippen MR) is 80.1 cm³/mol. The largest absolute Gasteiger partial charge is 0.478 e. The fourth-order valence-corrected chi connectivity index (χ4v) is 2.59. The second-order valence-electron chi connectivity index (χ2n) is 5.95. The molecule has 114 valence electrons. The van der Waals surface area contributed by atoms with Crippen LogP contribution in [0.5, 0.6) is 0 Å². The third kappa shape index (κ3) is 4.29. The number of amides is 1. The van der Waals surface area contributed by atoms with Gasteiger partial charge in [0.1, 0.15) is 0 Å². The summed E-state index contributed by atoms with van der Waals surface area (Å²) in [6, 6.07) is 6.90. The molecule has 1 N–H and O–H groups in total. The van der Waals surface area contributed by atoms with E-state index in [0.717, 1.165) is 25.2 Å². The number of carbonyl (C=O) groups is 2. The topological polar surface area (TPSA) is 60.9 Å². The van der Waals surface area contributed by atoms with E-state index in [4.69, 9.17) is 5.11 Å². The number of hydrogen-bond donors (Lipinski definition) is 1. The molecule has 1 aromatic rings. The molecular formula is C16H22N2O3. The smallest absolute Gasteiger partial charge is 0.335 e. The van der Waals surface area contributed by atoms with Gasteiger partial charge in [0.2, 0.25) is 5.91 Å². The fraction of sp³-hybridized carbons (Fsp3) is 0.500. The maximum absolute atomic E-state index is 12.1. The van der Waals surface area contributed by atoms with Crippen molar-refractivity contribution >= 4 is 11.9 Å². The molecule has 0 saturated carbocycles. The zero-order valence-electron chi connectivity index (χ0n) is 12.6. The van der Waals surface area contributed by atoms with Crippen LogP contribution in [0.15, 0.2) is 24.3 Å². The molecule has 5 heteroatoms. The molecule has 1 aliphatic heterocycles. The highest BCUT2D eigenvalue weighted by molar-refractivity contribution is 5.87. The molecule has 1 aliphatic rings. The standard InChI is InChI=1S/C16H22N2O3/c1-12(2)9-18-7-6-17(11-15(18)19)10-13-4-3-5-14(8-13)16(20)21/h3-5,8,12H,6-7,9-11H2,1-2H3,(H,20,21). The molecule has 0 bridgehead atoms. The average Bonchev–Trinajstić information content (AvgIpc) is 2.42. The molecule has 0 unspecified atom stereocenters. The van der Waals surface area contributed by atoms with Gasteiger partial charge in [-0.25, -0.2) is 4.79 Å². The van der Waals surface area contributed by atoms with Gasteiger partial charge in [0, 0.05) is 26.2 Å². The number of piperazine rings is 1. The Morgan fingerprint density at radius 1 is 1.33 bits per heavy atom.